The van der Waals surface area contributed by atoms with Crippen LogP contribution in [0.1, 0.15) is 44.9 Å². The third kappa shape index (κ3) is 6.43. The molecule has 0 aromatic heterocycles. The average molecular weight is 449 g/mol. The second kappa shape index (κ2) is 11.8. The highest BCUT2D eigenvalue weighted by Gasteiger charge is 2.32. The van der Waals surface area contributed by atoms with Gasteiger partial charge in [-0.1, -0.05) is 19.3 Å². The van der Waals surface area contributed by atoms with Gasteiger partial charge in [-0.15, -0.1) is 0 Å². The number of piperidine rings is 1. The highest BCUT2D eigenvalue weighted by Crippen LogP contribution is 2.27. The molecule has 0 spiro atoms. The van der Waals surface area contributed by atoms with Gasteiger partial charge in [-0.25, -0.2) is 0 Å². The molecule has 2 amide bonds. The maximum Gasteiger partial charge on any atom is 0.239 e. The topological polar surface area (TPSA) is 85.2 Å². The first-order valence-corrected chi connectivity index (χ1v) is 13.1. The molecule has 4 rings (SSSR count). The molecule has 3 heterocycles. The summed E-state index contributed by atoms with van der Waals surface area (Å²) in [6, 6.07) is -0.288. The van der Waals surface area contributed by atoms with E-state index in [9.17, 15) is 9.59 Å². The highest BCUT2D eigenvalue weighted by atomic mass is 16.2. The summed E-state index contributed by atoms with van der Waals surface area (Å²) in [6.07, 6.45) is 8.17. The molecule has 0 bridgehead atoms. The molecule has 182 valence electrons. The summed E-state index contributed by atoms with van der Waals surface area (Å²) < 4.78 is 0. The van der Waals surface area contributed by atoms with Crippen molar-refractivity contribution in [3.63, 3.8) is 0 Å². The Morgan fingerprint density at radius 1 is 0.781 bits per heavy atom. The predicted octanol–water partition coefficient (Wildman–Crippen LogP) is 0.182. The van der Waals surface area contributed by atoms with E-state index in [1.54, 1.807) is 0 Å². The van der Waals surface area contributed by atoms with Crippen LogP contribution in [0.25, 0.3) is 0 Å². The number of rotatable bonds is 6. The minimum Gasteiger partial charge on any atom is -0.341 e. The number of piperazine rings is 2. The zero-order valence-corrected chi connectivity index (χ0v) is 19.8. The van der Waals surface area contributed by atoms with Crippen LogP contribution in [0.4, 0.5) is 0 Å². The van der Waals surface area contributed by atoms with Gasteiger partial charge in [0.1, 0.15) is 0 Å². The van der Waals surface area contributed by atoms with E-state index in [0.717, 1.165) is 97.7 Å². The third-order valence-corrected chi connectivity index (χ3v) is 8.18. The zero-order valence-electron chi connectivity index (χ0n) is 19.8. The Labute approximate surface area is 193 Å². The smallest absolute Gasteiger partial charge is 0.239 e. The Balaban J connectivity index is 1.12. The lowest BCUT2D eigenvalue weighted by molar-refractivity contribution is -0.136. The fourth-order valence-electron chi connectivity index (χ4n) is 5.94. The van der Waals surface area contributed by atoms with Crippen molar-refractivity contribution in [2.75, 3.05) is 78.5 Å². The molecule has 1 atom stereocenters. The fraction of sp³-hybridized carbons (Fsp3) is 0.917. The minimum atomic E-state index is -0.288. The summed E-state index contributed by atoms with van der Waals surface area (Å²) in [6.45, 7) is 11.0. The van der Waals surface area contributed by atoms with E-state index in [2.05, 4.69) is 15.1 Å². The molecule has 0 aromatic carbocycles. The van der Waals surface area contributed by atoms with Gasteiger partial charge in [-0.05, 0) is 37.5 Å². The van der Waals surface area contributed by atoms with Crippen molar-refractivity contribution in [3.05, 3.63) is 0 Å². The number of carbonyl (C=O) groups excluding carboxylic acids is 2. The van der Waals surface area contributed by atoms with Crippen LogP contribution in [-0.4, -0.2) is 116 Å². The lowest BCUT2D eigenvalue weighted by Crippen LogP contribution is -2.54. The van der Waals surface area contributed by atoms with Crippen molar-refractivity contribution in [3.8, 4) is 0 Å². The molecule has 1 aliphatic carbocycles. The standard InChI is InChI=1S/C24H44N6O2/c25-23(21-4-2-1-3-5-21)24(32)30-10-6-20(7-11-30)18-27-14-16-28(17-15-27)19-22(31)29-12-8-26-9-13-29/h20-21,23,26H,1-19,25H2/t23-/m1/s1. The molecule has 0 unspecified atom stereocenters. The summed E-state index contributed by atoms with van der Waals surface area (Å²) in [5, 5.41) is 3.30. The number of nitrogens with two attached hydrogens (primary N) is 1. The van der Waals surface area contributed by atoms with E-state index < -0.39 is 0 Å². The Hall–Kier alpha value is -1.22. The van der Waals surface area contributed by atoms with E-state index >= 15 is 0 Å². The molecule has 4 aliphatic rings. The van der Waals surface area contributed by atoms with Crippen LogP contribution in [-0.2, 0) is 9.59 Å². The number of nitrogens with one attached hydrogen (secondary N) is 1. The van der Waals surface area contributed by atoms with Gasteiger partial charge in [0.05, 0.1) is 12.6 Å². The van der Waals surface area contributed by atoms with Crippen molar-refractivity contribution in [1.82, 2.24) is 24.9 Å². The Kier molecular flexibility index (Phi) is 8.80. The lowest BCUT2D eigenvalue weighted by atomic mass is 9.83. The molecule has 0 aromatic rings. The van der Waals surface area contributed by atoms with Crippen LogP contribution in [0.3, 0.4) is 0 Å². The van der Waals surface area contributed by atoms with Gasteiger partial charge in [0.15, 0.2) is 0 Å². The van der Waals surface area contributed by atoms with Crippen molar-refractivity contribution in [1.29, 1.82) is 0 Å². The Bertz CT molecular complexity index is 604. The van der Waals surface area contributed by atoms with E-state index in [1.165, 1.54) is 19.3 Å². The van der Waals surface area contributed by atoms with Gasteiger partial charge in [-0.2, -0.15) is 0 Å². The first-order valence-electron chi connectivity index (χ1n) is 13.1. The van der Waals surface area contributed by atoms with Gasteiger partial charge in [-0.3, -0.25) is 14.5 Å². The van der Waals surface area contributed by atoms with Gasteiger partial charge < -0.3 is 25.8 Å². The second-order valence-corrected chi connectivity index (χ2v) is 10.4. The SMILES string of the molecule is N[C@@H](C(=O)N1CCC(CN2CCN(CC(=O)N3CCNCC3)CC2)CC1)C1CCCCC1. The summed E-state index contributed by atoms with van der Waals surface area (Å²) in [5.41, 5.74) is 6.37. The molecule has 0 radical (unpaired) electrons. The first-order chi connectivity index (χ1) is 15.6. The largest absolute Gasteiger partial charge is 0.341 e. The highest BCUT2D eigenvalue weighted by molar-refractivity contribution is 5.82. The minimum absolute atomic E-state index is 0.193. The molecule has 8 nitrogen and oxygen atoms in total. The molecule has 3 aliphatic heterocycles. The summed E-state index contributed by atoms with van der Waals surface area (Å²) in [7, 11) is 0. The number of amides is 2. The normalized spacial score (nSPS) is 26.3. The van der Waals surface area contributed by atoms with Crippen molar-refractivity contribution in [2.45, 2.75) is 51.0 Å². The molecule has 4 fully saturated rings. The van der Waals surface area contributed by atoms with Crippen LogP contribution in [0, 0.1) is 11.8 Å². The van der Waals surface area contributed by atoms with Gasteiger partial charge in [0, 0.05) is 72.0 Å². The van der Waals surface area contributed by atoms with E-state index in [-0.39, 0.29) is 17.9 Å². The van der Waals surface area contributed by atoms with Crippen LogP contribution >= 0.6 is 0 Å². The quantitative estimate of drug-likeness (QED) is 0.603. The number of likely N-dealkylation sites (tertiary alicyclic amines) is 1. The number of carbonyl (C=O) groups is 2. The van der Waals surface area contributed by atoms with Gasteiger partial charge >= 0.3 is 0 Å². The Morgan fingerprint density at radius 3 is 2.06 bits per heavy atom. The van der Waals surface area contributed by atoms with E-state index in [4.69, 9.17) is 5.73 Å². The second-order valence-electron chi connectivity index (χ2n) is 10.4. The first kappa shape index (κ1) is 23.9. The maximum absolute atomic E-state index is 12.9. The molecule has 1 saturated carbocycles. The van der Waals surface area contributed by atoms with Crippen molar-refractivity contribution < 1.29 is 9.59 Å². The predicted molar refractivity (Wildman–Crippen MR) is 126 cm³/mol. The van der Waals surface area contributed by atoms with Crippen LogP contribution < -0.4 is 11.1 Å². The number of nitrogens with zero attached hydrogens (tertiary/aromatic N) is 4. The van der Waals surface area contributed by atoms with Crippen molar-refractivity contribution in [2.24, 2.45) is 17.6 Å². The lowest BCUT2D eigenvalue weighted by Gasteiger charge is -2.40. The maximum atomic E-state index is 12.9. The summed E-state index contributed by atoms with van der Waals surface area (Å²) >= 11 is 0. The molecular formula is C24H44N6O2. The number of hydrogen-bond acceptors (Lipinski definition) is 6. The monoisotopic (exact) mass is 448 g/mol. The van der Waals surface area contributed by atoms with E-state index in [1.807, 2.05) is 9.80 Å². The molecule has 32 heavy (non-hydrogen) atoms. The van der Waals surface area contributed by atoms with Crippen LogP contribution in [0.2, 0.25) is 0 Å². The average Bonchev–Trinajstić information content (AvgIpc) is 2.86. The van der Waals surface area contributed by atoms with Crippen LogP contribution in [0.15, 0.2) is 0 Å². The molecule has 8 heteroatoms. The molecular weight excluding hydrogens is 404 g/mol. The number of hydrogen-bond donors (Lipinski definition) is 2. The van der Waals surface area contributed by atoms with Gasteiger partial charge in [0.25, 0.3) is 0 Å². The summed E-state index contributed by atoms with van der Waals surface area (Å²) in [4.78, 5) is 34.3. The molecule has 3 N–H and O–H groups in total. The fourth-order valence-corrected chi connectivity index (χ4v) is 5.94. The summed E-state index contributed by atoms with van der Waals surface area (Å²) in [5.74, 6) is 1.53. The zero-order chi connectivity index (χ0) is 22.3. The Morgan fingerprint density at radius 2 is 1.41 bits per heavy atom. The van der Waals surface area contributed by atoms with Crippen LogP contribution in [0.5, 0.6) is 0 Å². The van der Waals surface area contributed by atoms with Crippen molar-refractivity contribution >= 4 is 11.8 Å². The van der Waals surface area contributed by atoms with Gasteiger partial charge in [0.2, 0.25) is 11.8 Å². The third-order valence-electron chi connectivity index (χ3n) is 8.18. The van der Waals surface area contributed by atoms with E-state index in [0.29, 0.717) is 18.4 Å². The molecule has 3 saturated heterocycles.